The molecule has 0 radical (unpaired) electrons. The number of imidazole rings is 1. The fourth-order valence-electron chi connectivity index (χ4n) is 8.80. The van der Waals surface area contributed by atoms with Gasteiger partial charge in [0.15, 0.2) is 0 Å². The van der Waals surface area contributed by atoms with Crippen LogP contribution in [0.2, 0.25) is 0 Å². The lowest BCUT2D eigenvalue weighted by Crippen LogP contribution is -2.58. The van der Waals surface area contributed by atoms with E-state index >= 15 is 0 Å². The van der Waals surface area contributed by atoms with E-state index < -0.39 is 5.97 Å². The molecule has 1 N–H and O–H groups in total. The first-order valence-corrected chi connectivity index (χ1v) is 15.3. The number of aromatic nitrogens is 2. The van der Waals surface area contributed by atoms with Gasteiger partial charge in [-0.15, -0.1) is 0 Å². The topological polar surface area (TPSA) is 61.6 Å². The minimum Gasteiger partial charge on any atom is -0.480 e. The summed E-state index contributed by atoms with van der Waals surface area (Å²) >= 11 is 0. The number of para-hydroxylation sites is 2. The third-order valence-electron chi connectivity index (χ3n) is 10.4. The fraction of sp³-hybridized carbons (Fsp3) is 0.742. The maximum Gasteiger partial charge on any atom is 0.317 e. The maximum atomic E-state index is 11.6. The highest BCUT2D eigenvalue weighted by molar-refractivity contribution is 5.76. The van der Waals surface area contributed by atoms with Gasteiger partial charge < -0.3 is 9.67 Å². The molecule has 3 aliphatic heterocycles. The first-order chi connectivity index (χ1) is 18.1. The molecule has 2 aromatic rings. The highest BCUT2D eigenvalue weighted by Gasteiger charge is 2.45. The van der Waals surface area contributed by atoms with Gasteiger partial charge in [0.25, 0.3) is 0 Å². The number of rotatable bonds is 7. The molecule has 37 heavy (non-hydrogen) atoms. The Kier molecular flexibility index (Phi) is 7.32. The van der Waals surface area contributed by atoms with Crippen molar-refractivity contribution in [3.8, 4) is 0 Å². The molecule has 6 heteroatoms. The number of carbonyl (C=O) groups is 1. The monoisotopic (exact) mass is 506 g/mol. The minimum atomic E-state index is -0.736. The van der Waals surface area contributed by atoms with Gasteiger partial charge >= 0.3 is 5.97 Å². The Balaban J connectivity index is 1.31. The molecule has 4 fully saturated rings. The molecule has 3 saturated heterocycles. The van der Waals surface area contributed by atoms with Crippen LogP contribution in [0.25, 0.3) is 11.0 Å². The number of carboxylic acid groups (broad SMARTS) is 1. The van der Waals surface area contributed by atoms with E-state index in [4.69, 9.17) is 4.98 Å². The summed E-state index contributed by atoms with van der Waals surface area (Å²) in [5, 5.41) is 9.56. The zero-order valence-corrected chi connectivity index (χ0v) is 22.9. The Hall–Kier alpha value is -1.92. The molecule has 1 saturated carbocycles. The van der Waals surface area contributed by atoms with E-state index in [2.05, 4.69) is 52.5 Å². The Bertz CT molecular complexity index is 1070. The van der Waals surface area contributed by atoms with Crippen molar-refractivity contribution in [1.29, 1.82) is 0 Å². The second-order valence-electron chi connectivity index (χ2n) is 12.6. The number of carboxylic acids is 1. The molecule has 0 spiro atoms. The molecule has 202 valence electrons. The lowest BCUT2D eigenvalue weighted by Gasteiger charge is -2.55. The SMILES string of the molecule is CCC1CC(CC)CC(N2C3CCCC2CC(n2c(C4CCCN4CC(=O)O)nc4ccccc42)C3)C1. The summed E-state index contributed by atoms with van der Waals surface area (Å²) in [7, 11) is 0. The number of likely N-dealkylation sites (tertiary alicyclic amines) is 1. The molecule has 5 unspecified atom stereocenters. The lowest BCUT2D eigenvalue weighted by molar-refractivity contribution is -0.138. The smallest absolute Gasteiger partial charge is 0.317 e. The molecular formula is C31H46N4O2. The quantitative estimate of drug-likeness (QED) is 0.469. The average molecular weight is 507 g/mol. The predicted octanol–water partition coefficient (Wildman–Crippen LogP) is 6.42. The molecule has 1 aromatic carbocycles. The van der Waals surface area contributed by atoms with Gasteiger partial charge in [-0.05, 0) is 88.3 Å². The van der Waals surface area contributed by atoms with Crippen LogP contribution in [0.4, 0.5) is 0 Å². The van der Waals surface area contributed by atoms with E-state index in [0.29, 0.717) is 18.1 Å². The number of aliphatic carboxylic acids is 1. The summed E-state index contributed by atoms with van der Waals surface area (Å²) in [4.78, 5) is 22.0. The first-order valence-electron chi connectivity index (χ1n) is 15.3. The Morgan fingerprint density at radius 3 is 2.27 bits per heavy atom. The van der Waals surface area contributed by atoms with Crippen molar-refractivity contribution in [2.45, 2.75) is 121 Å². The molecule has 1 aromatic heterocycles. The fourth-order valence-corrected chi connectivity index (χ4v) is 8.80. The molecule has 0 amide bonds. The third kappa shape index (κ3) is 4.85. The zero-order valence-electron chi connectivity index (χ0n) is 22.9. The summed E-state index contributed by atoms with van der Waals surface area (Å²) in [6.07, 6.45) is 15.4. The number of hydrogen-bond donors (Lipinski definition) is 1. The number of fused-ring (bicyclic) bond motifs is 3. The van der Waals surface area contributed by atoms with Crippen molar-refractivity contribution < 1.29 is 9.90 Å². The van der Waals surface area contributed by atoms with Gasteiger partial charge in [0.2, 0.25) is 0 Å². The molecule has 5 atom stereocenters. The van der Waals surface area contributed by atoms with Crippen LogP contribution < -0.4 is 0 Å². The number of nitrogens with zero attached hydrogens (tertiary/aromatic N) is 4. The first kappa shape index (κ1) is 25.4. The Labute approximate surface area is 222 Å². The van der Waals surface area contributed by atoms with Crippen molar-refractivity contribution in [2.24, 2.45) is 11.8 Å². The third-order valence-corrected chi connectivity index (χ3v) is 10.4. The summed E-state index contributed by atoms with van der Waals surface area (Å²) in [6.45, 7) is 5.75. The van der Waals surface area contributed by atoms with Crippen molar-refractivity contribution in [1.82, 2.24) is 19.4 Å². The second kappa shape index (κ2) is 10.7. The van der Waals surface area contributed by atoms with Crippen LogP contribution in [0.1, 0.15) is 109 Å². The van der Waals surface area contributed by atoms with Crippen LogP contribution in [0.3, 0.4) is 0 Å². The summed E-state index contributed by atoms with van der Waals surface area (Å²) in [6, 6.07) is 11.3. The van der Waals surface area contributed by atoms with Gasteiger partial charge in [0, 0.05) is 24.2 Å². The van der Waals surface area contributed by atoms with E-state index in [1.54, 1.807) is 0 Å². The molecule has 6 nitrogen and oxygen atoms in total. The normalized spacial score (nSPS) is 35.2. The van der Waals surface area contributed by atoms with E-state index in [1.165, 1.54) is 69.7 Å². The highest BCUT2D eigenvalue weighted by atomic mass is 16.4. The predicted molar refractivity (Wildman–Crippen MR) is 148 cm³/mol. The number of hydrogen-bond acceptors (Lipinski definition) is 4. The molecule has 4 heterocycles. The summed E-state index contributed by atoms with van der Waals surface area (Å²) < 4.78 is 2.58. The van der Waals surface area contributed by atoms with Crippen molar-refractivity contribution in [2.75, 3.05) is 13.1 Å². The standard InChI is InChI=1S/C31H46N4O2/c1-3-21-15-22(4-2)17-25(16-21)34-23-9-7-10-24(34)19-26(18-23)35-28-12-6-5-11-27(28)32-31(35)29-13-8-14-33(29)20-30(36)37/h5-6,11-12,21-26,29H,3-4,7-10,13-20H2,1-2H3,(H,36,37). The van der Waals surface area contributed by atoms with Crippen molar-refractivity contribution in [3.05, 3.63) is 30.1 Å². The molecule has 2 bridgehead atoms. The average Bonchev–Trinajstić information content (AvgIpc) is 3.51. The maximum absolute atomic E-state index is 11.6. The van der Waals surface area contributed by atoms with Gasteiger partial charge in [-0.25, -0.2) is 4.98 Å². The largest absolute Gasteiger partial charge is 0.480 e. The molecule has 1 aliphatic carbocycles. The van der Waals surface area contributed by atoms with Crippen LogP contribution in [-0.4, -0.2) is 61.6 Å². The van der Waals surface area contributed by atoms with Gasteiger partial charge in [0.1, 0.15) is 5.82 Å². The molecule has 6 rings (SSSR count). The van der Waals surface area contributed by atoms with Crippen LogP contribution in [0.15, 0.2) is 24.3 Å². The summed E-state index contributed by atoms with van der Waals surface area (Å²) in [5.74, 6) is 2.18. The summed E-state index contributed by atoms with van der Waals surface area (Å²) in [5.41, 5.74) is 2.31. The van der Waals surface area contributed by atoms with Crippen LogP contribution >= 0.6 is 0 Å². The number of piperidine rings is 2. The lowest BCUT2D eigenvalue weighted by atomic mass is 9.72. The second-order valence-corrected chi connectivity index (χ2v) is 12.6. The van der Waals surface area contributed by atoms with Gasteiger partial charge in [0.05, 0.1) is 23.6 Å². The van der Waals surface area contributed by atoms with Crippen molar-refractivity contribution >= 4 is 17.0 Å². The Morgan fingerprint density at radius 2 is 1.59 bits per heavy atom. The van der Waals surface area contributed by atoms with Gasteiger partial charge in [-0.2, -0.15) is 0 Å². The van der Waals surface area contributed by atoms with E-state index in [9.17, 15) is 9.90 Å². The van der Waals surface area contributed by atoms with Gasteiger partial charge in [-0.3, -0.25) is 14.6 Å². The van der Waals surface area contributed by atoms with Crippen LogP contribution in [-0.2, 0) is 4.79 Å². The zero-order chi connectivity index (χ0) is 25.5. The van der Waals surface area contributed by atoms with E-state index in [-0.39, 0.29) is 12.6 Å². The molecular weight excluding hydrogens is 460 g/mol. The van der Waals surface area contributed by atoms with Crippen LogP contribution in [0.5, 0.6) is 0 Å². The van der Waals surface area contributed by atoms with Gasteiger partial charge in [-0.1, -0.05) is 45.2 Å². The van der Waals surface area contributed by atoms with Crippen molar-refractivity contribution in [3.63, 3.8) is 0 Å². The van der Waals surface area contributed by atoms with Crippen LogP contribution in [0, 0.1) is 11.8 Å². The van der Waals surface area contributed by atoms with E-state index in [0.717, 1.165) is 48.6 Å². The minimum absolute atomic E-state index is 0.107. The highest BCUT2D eigenvalue weighted by Crippen LogP contribution is 2.47. The Morgan fingerprint density at radius 1 is 0.892 bits per heavy atom. The molecule has 4 aliphatic rings. The number of benzene rings is 1. The van der Waals surface area contributed by atoms with E-state index in [1.807, 2.05) is 0 Å².